The SMILES string of the molecule is CC(=O)N1CCC[C@@H](c2ccc(Br)cn2)C1. The molecule has 1 saturated heterocycles. The van der Waals surface area contributed by atoms with Gasteiger partial charge < -0.3 is 4.90 Å². The van der Waals surface area contributed by atoms with Crippen molar-refractivity contribution in [1.82, 2.24) is 9.88 Å². The summed E-state index contributed by atoms with van der Waals surface area (Å²) in [5, 5.41) is 0. The fourth-order valence-corrected chi connectivity index (χ4v) is 2.37. The molecule has 4 heteroatoms. The van der Waals surface area contributed by atoms with Gasteiger partial charge in [0.25, 0.3) is 0 Å². The molecule has 1 aliphatic heterocycles. The molecule has 0 saturated carbocycles. The highest BCUT2D eigenvalue weighted by Crippen LogP contribution is 2.26. The smallest absolute Gasteiger partial charge is 0.219 e. The maximum absolute atomic E-state index is 11.3. The summed E-state index contributed by atoms with van der Waals surface area (Å²) in [4.78, 5) is 17.7. The highest BCUT2D eigenvalue weighted by molar-refractivity contribution is 9.10. The Morgan fingerprint density at radius 1 is 1.56 bits per heavy atom. The molecule has 0 N–H and O–H groups in total. The normalized spacial score (nSPS) is 20.9. The summed E-state index contributed by atoms with van der Waals surface area (Å²) < 4.78 is 0.996. The van der Waals surface area contributed by atoms with Crippen LogP contribution in [0.15, 0.2) is 22.8 Å². The lowest BCUT2D eigenvalue weighted by Gasteiger charge is -2.31. The minimum atomic E-state index is 0.168. The van der Waals surface area contributed by atoms with E-state index in [1.807, 2.05) is 23.2 Å². The zero-order chi connectivity index (χ0) is 11.5. The topological polar surface area (TPSA) is 33.2 Å². The van der Waals surface area contributed by atoms with Gasteiger partial charge in [-0.1, -0.05) is 0 Å². The Morgan fingerprint density at radius 3 is 3.00 bits per heavy atom. The van der Waals surface area contributed by atoms with E-state index in [2.05, 4.69) is 20.9 Å². The lowest BCUT2D eigenvalue weighted by molar-refractivity contribution is -0.130. The summed E-state index contributed by atoms with van der Waals surface area (Å²) in [5.74, 6) is 0.563. The minimum absolute atomic E-state index is 0.168. The number of halogens is 1. The maximum atomic E-state index is 11.3. The molecule has 2 heterocycles. The fourth-order valence-electron chi connectivity index (χ4n) is 2.13. The Kier molecular flexibility index (Phi) is 3.59. The Morgan fingerprint density at radius 2 is 2.38 bits per heavy atom. The summed E-state index contributed by atoms with van der Waals surface area (Å²) in [6, 6.07) is 4.05. The average molecular weight is 283 g/mol. The summed E-state index contributed by atoms with van der Waals surface area (Å²) in [6.45, 7) is 3.34. The Bertz CT molecular complexity index is 377. The van der Waals surface area contributed by atoms with E-state index in [1.54, 1.807) is 6.92 Å². The molecule has 1 fully saturated rings. The van der Waals surface area contributed by atoms with Crippen LogP contribution in [0.25, 0.3) is 0 Å². The zero-order valence-corrected chi connectivity index (χ0v) is 10.9. The summed E-state index contributed by atoms with van der Waals surface area (Å²) in [7, 11) is 0. The van der Waals surface area contributed by atoms with Crippen LogP contribution in [-0.2, 0) is 4.79 Å². The van der Waals surface area contributed by atoms with Crippen molar-refractivity contribution in [3.05, 3.63) is 28.5 Å². The molecule has 0 spiro atoms. The number of rotatable bonds is 1. The van der Waals surface area contributed by atoms with Crippen LogP contribution in [0.2, 0.25) is 0 Å². The van der Waals surface area contributed by atoms with Crippen LogP contribution in [0, 0.1) is 0 Å². The summed E-state index contributed by atoms with van der Waals surface area (Å²) in [6.07, 6.45) is 4.02. The van der Waals surface area contributed by atoms with Crippen LogP contribution in [0.5, 0.6) is 0 Å². The van der Waals surface area contributed by atoms with Gasteiger partial charge in [-0.15, -0.1) is 0 Å². The minimum Gasteiger partial charge on any atom is -0.342 e. The van der Waals surface area contributed by atoms with Crippen LogP contribution in [0.4, 0.5) is 0 Å². The van der Waals surface area contributed by atoms with Crippen LogP contribution < -0.4 is 0 Å². The van der Waals surface area contributed by atoms with Crippen molar-refractivity contribution >= 4 is 21.8 Å². The van der Waals surface area contributed by atoms with Crippen LogP contribution in [0.3, 0.4) is 0 Å². The second-order valence-corrected chi connectivity index (χ2v) is 5.12. The Labute approximate surface area is 104 Å². The van der Waals surface area contributed by atoms with Crippen molar-refractivity contribution in [1.29, 1.82) is 0 Å². The predicted octanol–water partition coefficient (Wildman–Crippen LogP) is 2.57. The molecule has 1 aromatic rings. The zero-order valence-electron chi connectivity index (χ0n) is 9.32. The van der Waals surface area contributed by atoms with Gasteiger partial charge in [-0.3, -0.25) is 9.78 Å². The van der Waals surface area contributed by atoms with Gasteiger partial charge in [-0.2, -0.15) is 0 Å². The third-order valence-electron chi connectivity index (χ3n) is 3.04. The summed E-state index contributed by atoms with van der Waals surface area (Å²) >= 11 is 3.38. The van der Waals surface area contributed by atoms with E-state index in [0.29, 0.717) is 5.92 Å². The second-order valence-electron chi connectivity index (χ2n) is 4.21. The largest absolute Gasteiger partial charge is 0.342 e. The standard InChI is InChI=1S/C12H15BrN2O/c1-9(16)15-6-2-3-10(8-15)12-5-4-11(13)7-14-12/h4-5,7,10H,2-3,6,8H2,1H3/t10-/m1/s1. The number of pyridine rings is 1. The third-order valence-corrected chi connectivity index (χ3v) is 3.50. The summed E-state index contributed by atoms with van der Waals surface area (Å²) in [5.41, 5.74) is 1.09. The number of hydrogen-bond acceptors (Lipinski definition) is 2. The Balaban J connectivity index is 2.09. The molecular formula is C12H15BrN2O. The lowest BCUT2D eigenvalue weighted by Crippen LogP contribution is -2.37. The molecule has 0 aliphatic carbocycles. The lowest BCUT2D eigenvalue weighted by atomic mass is 9.94. The van der Waals surface area contributed by atoms with Gasteiger partial charge in [-0.05, 0) is 40.9 Å². The molecule has 0 unspecified atom stereocenters. The van der Waals surface area contributed by atoms with Crippen LogP contribution >= 0.6 is 15.9 Å². The van der Waals surface area contributed by atoms with Crippen molar-refractivity contribution in [2.75, 3.05) is 13.1 Å². The van der Waals surface area contributed by atoms with E-state index < -0.39 is 0 Å². The van der Waals surface area contributed by atoms with Gasteiger partial charge in [0.1, 0.15) is 0 Å². The molecule has 0 aromatic carbocycles. The first kappa shape index (κ1) is 11.6. The van der Waals surface area contributed by atoms with Gasteiger partial charge in [0.15, 0.2) is 0 Å². The number of carbonyl (C=O) groups is 1. The molecule has 3 nitrogen and oxygen atoms in total. The van der Waals surface area contributed by atoms with Gasteiger partial charge in [-0.25, -0.2) is 0 Å². The molecule has 1 aliphatic rings. The van der Waals surface area contributed by atoms with Gasteiger partial charge in [0.2, 0.25) is 5.91 Å². The molecule has 0 radical (unpaired) electrons. The van der Waals surface area contributed by atoms with E-state index in [1.165, 1.54) is 0 Å². The van der Waals surface area contributed by atoms with Crippen LogP contribution in [0.1, 0.15) is 31.4 Å². The number of hydrogen-bond donors (Lipinski definition) is 0. The van der Waals surface area contributed by atoms with Crippen molar-refractivity contribution in [3.8, 4) is 0 Å². The monoisotopic (exact) mass is 282 g/mol. The fraction of sp³-hybridized carbons (Fsp3) is 0.500. The molecule has 2 rings (SSSR count). The van der Waals surface area contributed by atoms with E-state index in [9.17, 15) is 4.79 Å². The average Bonchev–Trinajstić information content (AvgIpc) is 2.30. The number of piperidine rings is 1. The van der Waals surface area contributed by atoms with Crippen molar-refractivity contribution in [2.24, 2.45) is 0 Å². The Hall–Kier alpha value is -0.900. The third kappa shape index (κ3) is 2.61. The van der Waals surface area contributed by atoms with E-state index >= 15 is 0 Å². The van der Waals surface area contributed by atoms with Crippen molar-refractivity contribution < 1.29 is 4.79 Å². The number of likely N-dealkylation sites (tertiary alicyclic amines) is 1. The van der Waals surface area contributed by atoms with Crippen molar-refractivity contribution in [2.45, 2.75) is 25.7 Å². The molecule has 1 aromatic heterocycles. The molecule has 0 bridgehead atoms. The van der Waals surface area contributed by atoms with Gasteiger partial charge in [0, 0.05) is 42.3 Å². The first-order valence-corrected chi connectivity index (χ1v) is 6.33. The first-order chi connectivity index (χ1) is 7.66. The second kappa shape index (κ2) is 4.95. The van der Waals surface area contributed by atoms with E-state index in [-0.39, 0.29) is 5.91 Å². The molecule has 16 heavy (non-hydrogen) atoms. The number of amides is 1. The highest BCUT2D eigenvalue weighted by Gasteiger charge is 2.23. The maximum Gasteiger partial charge on any atom is 0.219 e. The quantitative estimate of drug-likeness (QED) is 0.793. The highest BCUT2D eigenvalue weighted by atomic mass is 79.9. The number of nitrogens with zero attached hydrogens (tertiary/aromatic N) is 2. The van der Waals surface area contributed by atoms with Gasteiger partial charge >= 0.3 is 0 Å². The molecular weight excluding hydrogens is 268 g/mol. The van der Waals surface area contributed by atoms with E-state index in [4.69, 9.17) is 0 Å². The van der Waals surface area contributed by atoms with Crippen LogP contribution in [-0.4, -0.2) is 28.9 Å². The molecule has 86 valence electrons. The predicted molar refractivity (Wildman–Crippen MR) is 66.2 cm³/mol. The molecule has 1 amide bonds. The molecule has 1 atom stereocenters. The number of carbonyl (C=O) groups excluding carboxylic acids is 1. The van der Waals surface area contributed by atoms with Gasteiger partial charge in [0.05, 0.1) is 0 Å². The first-order valence-electron chi connectivity index (χ1n) is 5.54. The van der Waals surface area contributed by atoms with Crippen molar-refractivity contribution in [3.63, 3.8) is 0 Å². The number of aromatic nitrogens is 1. The van der Waals surface area contributed by atoms with E-state index in [0.717, 1.165) is 36.1 Å².